The van der Waals surface area contributed by atoms with Crippen LogP contribution in [-0.4, -0.2) is 55.9 Å². The van der Waals surface area contributed by atoms with E-state index in [4.69, 9.17) is 4.74 Å². The molecule has 1 unspecified atom stereocenters. The minimum Gasteiger partial charge on any atom is -0.475 e. The first-order valence-electron chi connectivity index (χ1n) is 9.33. The lowest BCUT2D eigenvalue weighted by Crippen LogP contribution is -2.41. The molecule has 194 valence electrons. The summed E-state index contributed by atoms with van der Waals surface area (Å²) in [5.41, 5.74) is -1.51. The summed E-state index contributed by atoms with van der Waals surface area (Å²) in [5, 5.41) is 8.77. The number of benzene rings is 1. The number of rotatable bonds is 9. The van der Waals surface area contributed by atoms with Gasteiger partial charge in [0.15, 0.2) is 0 Å². The fourth-order valence-electron chi connectivity index (χ4n) is 2.72. The summed E-state index contributed by atoms with van der Waals surface area (Å²) < 4.78 is 100. The van der Waals surface area contributed by atoms with Crippen LogP contribution in [0.3, 0.4) is 0 Å². The topological polar surface area (TPSA) is 133 Å². The van der Waals surface area contributed by atoms with Gasteiger partial charge in [-0.15, -0.1) is 23.3 Å². The molecule has 0 bridgehead atoms. The molecule has 0 radical (unpaired) electrons. The highest BCUT2D eigenvalue weighted by atomic mass is 19.4. The molecule has 1 aromatic carbocycles. The van der Waals surface area contributed by atoms with Gasteiger partial charge in [0, 0.05) is 5.56 Å². The molecule has 2 rings (SSSR count). The Morgan fingerprint density at radius 1 is 1.09 bits per heavy atom. The molecule has 17 heteroatoms. The van der Waals surface area contributed by atoms with Gasteiger partial charge in [0.2, 0.25) is 12.9 Å². The molecule has 0 spiro atoms. The third-order valence-corrected chi connectivity index (χ3v) is 4.01. The summed E-state index contributed by atoms with van der Waals surface area (Å²) >= 11 is 0. The van der Waals surface area contributed by atoms with Gasteiger partial charge in [-0.05, 0) is 30.2 Å². The van der Waals surface area contributed by atoms with Crippen molar-refractivity contribution < 1.29 is 69.5 Å². The minimum absolute atomic E-state index is 0.0295. The molecule has 0 fully saturated rings. The molecule has 0 aromatic heterocycles. The summed E-state index contributed by atoms with van der Waals surface area (Å²) in [6, 6.07) is 1.58. The van der Waals surface area contributed by atoms with Gasteiger partial charge in [0.25, 0.3) is 5.09 Å². The van der Waals surface area contributed by atoms with E-state index in [1.54, 1.807) is 0 Å². The van der Waals surface area contributed by atoms with Crippen molar-refractivity contribution >= 4 is 18.2 Å². The molecule has 1 atom stereocenters. The van der Waals surface area contributed by atoms with Crippen LogP contribution in [0, 0.1) is 10.1 Å². The van der Waals surface area contributed by atoms with E-state index in [-0.39, 0.29) is 17.5 Å². The lowest BCUT2D eigenvalue weighted by molar-refractivity contribution is -0.757. The number of nitrogens with zero attached hydrogens (tertiary/aromatic N) is 1. The maximum Gasteiger partial charge on any atom is 0.573 e. The zero-order valence-corrected chi connectivity index (χ0v) is 17.4. The van der Waals surface area contributed by atoms with Crippen molar-refractivity contribution in [2.45, 2.75) is 32.0 Å². The molecule has 0 N–H and O–H groups in total. The molecule has 1 aliphatic rings. The van der Waals surface area contributed by atoms with E-state index in [9.17, 15) is 46.0 Å². The summed E-state index contributed by atoms with van der Waals surface area (Å²) in [7, 11) is 0. The lowest BCUT2D eigenvalue weighted by atomic mass is 9.97. The Morgan fingerprint density at radius 3 is 2.34 bits per heavy atom. The molecule has 1 aromatic rings. The van der Waals surface area contributed by atoms with Crippen LogP contribution in [0.2, 0.25) is 0 Å². The number of carbonyl (C=O) groups is 2. The SMILES string of the molecule is CCc1cc(OC(F)(F)F)cc2c1OC(C(F)(F)F)C(C(=O)OCOC(=O)OCCO[N+](=O)[O-])=C2. The molecule has 35 heavy (non-hydrogen) atoms. The second-order valence-electron chi connectivity index (χ2n) is 6.39. The number of carbonyl (C=O) groups excluding carboxylic acids is 2. The highest BCUT2D eigenvalue weighted by Gasteiger charge is 2.49. The van der Waals surface area contributed by atoms with Crippen LogP contribution in [0.4, 0.5) is 31.1 Å². The zero-order valence-electron chi connectivity index (χ0n) is 17.4. The van der Waals surface area contributed by atoms with Crippen LogP contribution in [0.25, 0.3) is 6.08 Å². The molecule has 0 amide bonds. The molecular weight excluding hydrogens is 504 g/mol. The van der Waals surface area contributed by atoms with E-state index in [1.807, 2.05) is 0 Å². The van der Waals surface area contributed by atoms with Gasteiger partial charge in [-0.3, -0.25) is 0 Å². The van der Waals surface area contributed by atoms with E-state index >= 15 is 0 Å². The second-order valence-corrected chi connectivity index (χ2v) is 6.39. The van der Waals surface area contributed by atoms with E-state index in [1.165, 1.54) is 6.92 Å². The maximum absolute atomic E-state index is 13.6. The minimum atomic E-state index is -5.13. The monoisotopic (exact) mass is 519 g/mol. The quantitative estimate of drug-likeness (QED) is 0.119. The first kappa shape index (κ1) is 27.3. The number of hydrogen-bond donors (Lipinski definition) is 0. The van der Waals surface area contributed by atoms with E-state index < -0.39 is 72.9 Å². The van der Waals surface area contributed by atoms with E-state index in [0.29, 0.717) is 6.08 Å². The van der Waals surface area contributed by atoms with Crippen molar-refractivity contribution in [3.63, 3.8) is 0 Å². The van der Waals surface area contributed by atoms with Crippen LogP contribution in [0.5, 0.6) is 11.5 Å². The van der Waals surface area contributed by atoms with Crippen LogP contribution in [0.1, 0.15) is 18.1 Å². The highest BCUT2D eigenvalue weighted by molar-refractivity contribution is 5.96. The van der Waals surface area contributed by atoms with Crippen LogP contribution in [0.15, 0.2) is 17.7 Å². The van der Waals surface area contributed by atoms with Crippen molar-refractivity contribution in [1.82, 2.24) is 0 Å². The molecule has 1 heterocycles. The van der Waals surface area contributed by atoms with E-state index in [2.05, 4.69) is 23.8 Å². The number of esters is 1. The molecule has 0 aliphatic carbocycles. The number of ether oxygens (including phenoxy) is 5. The number of hydrogen-bond acceptors (Lipinski definition) is 10. The largest absolute Gasteiger partial charge is 0.573 e. The number of aryl methyl sites for hydroxylation is 1. The third-order valence-electron chi connectivity index (χ3n) is 4.01. The first-order chi connectivity index (χ1) is 16.2. The maximum atomic E-state index is 13.6. The normalized spacial score (nSPS) is 15.2. The van der Waals surface area contributed by atoms with Crippen LogP contribution in [-0.2, 0) is 30.3 Å². The van der Waals surface area contributed by atoms with Gasteiger partial charge in [0.1, 0.15) is 24.7 Å². The molecular formula is C18H15F6NO10. The van der Waals surface area contributed by atoms with Crippen LogP contribution < -0.4 is 9.47 Å². The average Bonchev–Trinajstić information content (AvgIpc) is 2.73. The Hall–Kier alpha value is -3.92. The van der Waals surface area contributed by atoms with Crippen molar-refractivity contribution in [2.24, 2.45) is 0 Å². The Kier molecular flexibility index (Phi) is 8.59. The highest BCUT2D eigenvalue weighted by Crippen LogP contribution is 2.42. The first-order valence-corrected chi connectivity index (χ1v) is 9.33. The van der Waals surface area contributed by atoms with Gasteiger partial charge in [-0.1, -0.05) is 6.92 Å². The van der Waals surface area contributed by atoms with Crippen molar-refractivity contribution in [3.8, 4) is 11.5 Å². The van der Waals surface area contributed by atoms with Gasteiger partial charge < -0.3 is 28.5 Å². The fourth-order valence-corrected chi connectivity index (χ4v) is 2.72. The smallest absolute Gasteiger partial charge is 0.475 e. The summed E-state index contributed by atoms with van der Waals surface area (Å²) in [4.78, 5) is 37.3. The molecule has 0 saturated carbocycles. The van der Waals surface area contributed by atoms with E-state index in [0.717, 1.165) is 12.1 Å². The second kappa shape index (κ2) is 11.0. The van der Waals surface area contributed by atoms with Gasteiger partial charge in [0.05, 0.1) is 5.57 Å². The summed E-state index contributed by atoms with van der Waals surface area (Å²) in [6.07, 6.45) is -14.0. The number of fused-ring (bicyclic) bond motifs is 1. The molecule has 11 nitrogen and oxygen atoms in total. The van der Waals surface area contributed by atoms with Crippen molar-refractivity contribution in [3.05, 3.63) is 38.9 Å². The fraction of sp³-hybridized carbons (Fsp3) is 0.444. The predicted molar refractivity (Wildman–Crippen MR) is 97.3 cm³/mol. The Balaban J connectivity index is 2.18. The van der Waals surface area contributed by atoms with Crippen molar-refractivity contribution in [2.75, 3.05) is 20.0 Å². The Labute approximate surface area is 191 Å². The standard InChI is InChI=1S/C18H15F6NO10/c1-2-9-5-11(35-18(22,23)24)6-10-7-12(14(17(19,20)21)34-13(9)10)15(26)31-8-32-16(27)30-3-4-33-25(28)29/h5-7,14H,2-4,8H2,1H3. The summed E-state index contributed by atoms with van der Waals surface area (Å²) in [6.45, 7) is -1.04. The molecule has 0 saturated heterocycles. The zero-order chi connectivity index (χ0) is 26.4. The van der Waals surface area contributed by atoms with Gasteiger partial charge in [-0.25, -0.2) is 9.59 Å². The number of alkyl halides is 6. The summed E-state index contributed by atoms with van der Waals surface area (Å²) in [5.74, 6) is -2.82. The van der Waals surface area contributed by atoms with Gasteiger partial charge >= 0.3 is 24.7 Å². The Bertz CT molecular complexity index is 991. The van der Waals surface area contributed by atoms with Crippen molar-refractivity contribution in [1.29, 1.82) is 0 Å². The van der Waals surface area contributed by atoms with Gasteiger partial charge in [-0.2, -0.15) is 13.2 Å². The molecule has 1 aliphatic heterocycles. The number of halogens is 6. The lowest BCUT2D eigenvalue weighted by Gasteiger charge is -2.29. The van der Waals surface area contributed by atoms with Crippen LogP contribution >= 0.6 is 0 Å². The predicted octanol–water partition coefficient (Wildman–Crippen LogP) is 3.72. The average molecular weight is 519 g/mol. The Morgan fingerprint density at radius 2 is 1.77 bits per heavy atom. The third kappa shape index (κ3) is 8.11.